The van der Waals surface area contributed by atoms with Crippen LogP contribution in [0.25, 0.3) is 10.9 Å². The van der Waals surface area contributed by atoms with E-state index in [1.807, 2.05) is 44.6 Å². The van der Waals surface area contributed by atoms with Crippen molar-refractivity contribution in [2.45, 2.75) is 31.3 Å². The standard InChI is InChI=1S/C22H25N5O2/c1-27(2)20-17(7-5-11-23-20)21(28)26-19(22(29)25-15-9-10-15)12-14-13-24-18-8-4-3-6-16(14)18/h3-8,11,13,15,19,24H,9-10,12H2,1-2H3,(H,25,29)(H,26,28)/t19-/m0/s1. The minimum atomic E-state index is -0.669. The summed E-state index contributed by atoms with van der Waals surface area (Å²) in [6.07, 6.45) is 5.95. The Kier molecular flexibility index (Phi) is 5.20. The molecule has 0 unspecified atom stereocenters. The second-order valence-electron chi connectivity index (χ2n) is 7.64. The summed E-state index contributed by atoms with van der Waals surface area (Å²) in [5.74, 6) is 0.109. The van der Waals surface area contributed by atoms with Gasteiger partial charge in [-0.2, -0.15) is 0 Å². The predicted octanol–water partition coefficient (Wildman–Crippen LogP) is 2.25. The summed E-state index contributed by atoms with van der Waals surface area (Å²) < 4.78 is 0. The van der Waals surface area contributed by atoms with Gasteiger partial charge in [0.1, 0.15) is 11.9 Å². The number of rotatable bonds is 7. The molecule has 2 amide bonds. The van der Waals surface area contributed by atoms with Crippen LogP contribution in [-0.4, -0.2) is 48.0 Å². The lowest BCUT2D eigenvalue weighted by Crippen LogP contribution is -2.48. The van der Waals surface area contributed by atoms with E-state index in [0.717, 1.165) is 29.3 Å². The molecule has 7 heteroatoms. The maximum absolute atomic E-state index is 13.0. The Bertz CT molecular complexity index is 1040. The fourth-order valence-corrected chi connectivity index (χ4v) is 3.43. The van der Waals surface area contributed by atoms with Crippen LogP contribution >= 0.6 is 0 Å². The zero-order valence-electron chi connectivity index (χ0n) is 16.6. The number of aromatic nitrogens is 2. The average molecular weight is 391 g/mol. The van der Waals surface area contributed by atoms with Crippen molar-refractivity contribution < 1.29 is 9.59 Å². The van der Waals surface area contributed by atoms with Crippen molar-refractivity contribution in [3.05, 3.63) is 59.9 Å². The van der Waals surface area contributed by atoms with E-state index in [0.29, 0.717) is 17.8 Å². The molecule has 0 bridgehead atoms. The molecule has 3 N–H and O–H groups in total. The van der Waals surface area contributed by atoms with E-state index < -0.39 is 6.04 Å². The number of hydrogen-bond acceptors (Lipinski definition) is 4. The number of hydrogen-bond donors (Lipinski definition) is 3. The largest absolute Gasteiger partial charge is 0.362 e. The lowest BCUT2D eigenvalue weighted by molar-refractivity contribution is -0.123. The van der Waals surface area contributed by atoms with Crippen molar-refractivity contribution in [1.82, 2.24) is 20.6 Å². The first-order valence-corrected chi connectivity index (χ1v) is 9.81. The highest BCUT2D eigenvalue weighted by atomic mass is 16.2. The lowest BCUT2D eigenvalue weighted by Gasteiger charge is -2.20. The monoisotopic (exact) mass is 391 g/mol. The topological polar surface area (TPSA) is 90.1 Å². The highest BCUT2D eigenvalue weighted by Crippen LogP contribution is 2.22. The van der Waals surface area contributed by atoms with Crippen molar-refractivity contribution in [3.63, 3.8) is 0 Å². The van der Waals surface area contributed by atoms with E-state index in [9.17, 15) is 9.59 Å². The zero-order valence-corrected chi connectivity index (χ0v) is 16.6. The Labute approximate surface area is 169 Å². The molecule has 150 valence electrons. The molecule has 1 aromatic carbocycles. The number of aromatic amines is 1. The summed E-state index contributed by atoms with van der Waals surface area (Å²) in [5.41, 5.74) is 2.45. The first-order chi connectivity index (χ1) is 14.0. The van der Waals surface area contributed by atoms with Crippen molar-refractivity contribution in [1.29, 1.82) is 0 Å². The van der Waals surface area contributed by atoms with E-state index in [1.54, 1.807) is 23.2 Å². The fraction of sp³-hybridized carbons (Fsp3) is 0.318. The van der Waals surface area contributed by atoms with Gasteiger partial charge in [0, 0.05) is 49.9 Å². The summed E-state index contributed by atoms with van der Waals surface area (Å²) in [6, 6.07) is 10.9. The molecule has 29 heavy (non-hydrogen) atoms. The molecule has 1 saturated carbocycles. The van der Waals surface area contributed by atoms with Crippen LogP contribution in [0.5, 0.6) is 0 Å². The Morgan fingerprint density at radius 3 is 2.76 bits per heavy atom. The summed E-state index contributed by atoms with van der Waals surface area (Å²) in [5, 5.41) is 7.01. The van der Waals surface area contributed by atoms with Gasteiger partial charge in [-0.3, -0.25) is 9.59 Å². The number of carbonyl (C=O) groups is 2. The van der Waals surface area contributed by atoms with Gasteiger partial charge in [0.15, 0.2) is 0 Å². The number of anilines is 1. The fourth-order valence-electron chi connectivity index (χ4n) is 3.43. The van der Waals surface area contributed by atoms with Crippen molar-refractivity contribution in [2.24, 2.45) is 0 Å². The van der Waals surface area contributed by atoms with Crippen molar-refractivity contribution in [2.75, 3.05) is 19.0 Å². The summed E-state index contributed by atoms with van der Waals surface area (Å²) in [7, 11) is 3.67. The van der Waals surface area contributed by atoms with Gasteiger partial charge >= 0.3 is 0 Å². The molecule has 2 heterocycles. The van der Waals surface area contributed by atoms with Gasteiger partial charge in [0.25, 0.3) is 5.91 Å². The number of fused-ring (bicyclic) bond motifs is 1. The normalized spacial score (nSPS) is 14.4. The predicted molar refractivity (Wildman–Crippen MR) is 113 cm³/mol. The van der Waals surface area contributed by atoms with Gasteiger partial charge in [-0.15, -0.1) is 0 Å². The minimum Gasteiger partial charge on any atom is -0.362 e. The molecule has 0 radical (unpaired) electrons. The van der Waals surface area contributed by atoms with Crippen LogP contribution in [-0.2, 0) is 11.2 Å². The van der Waals surface area contributed by atoms with Gasteiger partial charge in [0.05, 0.1) is 5.56 Å². The molecule has 1 aliphatic rings. The Morgan fingerprint density at radius 2 is 2.00 bits per heavy atom. The molecule has 2 aromatic heterocycles. The van der Waals surface area contributed by atoms with Gasteiger partial charge in [-0.1, -0.05) is 18.2 Å². The third-order valence-corrected chi connectivity index (χ3v) is 5.10. The highest BCUT2D eigenvalue weighted by Gasteiger charge is 2.30. The molecule has 1 atom stereocenters. The van der Waals surface area contributed by atoms with Crippen LogP contribution in [0.15, 0.2) is 48.8 Å². The van der Waals surface area contributed by atoms with Crippen molar-refractivity contribution >= 4 is 28.5 Å². The number of amides is 2. The average Bonchev–Trinajstić information content (AvgIpc) is 3.45. The first-order valence-electron chi connectivity index (χ1n) is 9.81. The van der Waals surface area contributed by atoms with Crippen molar-refractivity contribution in [3.8, 4) is 0 Å². The number of benzene rings is 1. The number of nitrogens with one attached hydrogen (secondary N) is 3. The van der Waals surface area contributed by atoms with Crippen LogP contribution in [0.3, 0.4) is 0 Å². The highest BCUT2D eigenvalue weighted by molar-refractivity contribution is 6.01. The third-order valence-electron chi connectivity index (χ3n) is 5.10. The minimum absolute atomic E-state index is 0.151. The van der Waals surface area contributed by atoms with Gasteiger partial charge in [-0.05, 0) is 36.6 Å². The van der Waals surface area contributed by atoms with Gasteiger partial charge in [-0.25, -0.2) is 4.98 Å². The zero-order chi connectivity index (χ0) is 20.4. The molecule has 0 saturated heterocycles. The van der Waals surface area contributed by atoms with E-state index in [-0.39, 0.29) is 17.9 Å². The van der Waals surface area contributed by atoms with E-state index >= 15 is 0 Å². The number of para-hydroxylation sites is 1. The maximum atomic E-state index is 13.0. The smallest absolute Gasteiger partial charge is 0.255 e. The maximum Gasteiger partial charge on any atom is 0.255 e. The molecule has 0 aliphatic heterocycles. The molecule has 1 aliphatic carbocycles. The van der Waals surface area contributed by atoms with Gasteiger partial charge < -0.3 is 20.5 Å². The molecule has 1 fully saturated rings. The second-order valence-corrected chi connectivity index (χ2v) is 7.64. The quantitative estimate of drug-likeness (QED) is 0.576. The number of pyridine rings is 1. The molecule has 4 rings (SSSR count). The summed E-state index contributed by atoms with van der Waals surface area (Å²) >= 11 is 0. The van der Waals surface area contributed by atoms with E-state index in [1.165, 1.54) is 0 Å². The number of nitrogens with zero attached hydrogens (tertiary/aromatic N) is 2. The SMILES string of the molecule is CN(C)c1ncccc1C(=O)N[C@@H](Cc1c[nH]c2ccccc12)C(=O)NC1CC1. The Balaban J connectivity index is 1.59. The third kappa shape index (κ3) is 4.23. The van der Waals surface area contributed by atoms with E-state index in [2.05, 4.69) is 20.6 Å². The first kappa shape index (κ1) is 19.0. The molecular weight excluding hydrogens is 366 g/mol. The van der Waals surface area contributed by atoms with Crippen LogP contribution in [0.1, 0.15) is 28.8 Å². The molecule has 7 nitrogen and oxygen atoms in total. The Morgan fingerprint density at radius 1 is 1.21 bits per heavy atom. The van der Waals surface area contributed by atoms with Crippen LogP contribution < -0.4 is 15.5 Å². The summed E-state index contributed by atoms with van der Waals surface area (Å²) in [6.45, 7) is 0. The Hall–Kier alpha value is -3.35. The van der Waals surface area contributed by atoms with Crippen LogP contribution in [0.4, 0.5) is 5.82 Å². The lowest BCUT2D eigenvalue weighted by atomic mass is 10.0. The summed E-state index contributed by atoms with van der Waals surface area (Å²) in [4.78, 5) is 35.2. The molecular formula is C22H25N5O2. The van der Waals surface area contributed by atoms with Crippen LogP contribution in [0, 0.1) is 0 Å². The second kappa shape index (κ2) is 7.95. The number of carbonyl (C=O) groups excluding carboxylic acids is 2. The van der Waals surface area contributed by atoms with Crippen LogP contribution in [0.2, 0.25) is 0 Å². The molecule has 0 spiro atoms. The number of H-pyrrole nitrogens is 1. The molecule has 3 aromatic rings. The van der Waals surface area contributed by atoms with Gasteiger partial charge in [0.2, 0.25) is 5.91 Å². The van der Waals surface area contributed by atoms with E-state index in [4.69, 9.17) is 0 Å².